The predicted octanol–water partition coefficient (Wildman–Crippen LogP) is 2.05. The lowest BCUT2D eigenvalue weighted by Gasteiger charge is -2.24. The molecule has 1 aromatic heterocycles. The molecule has 0 radical (unpaired) electrons. The first-order chi connectivity index (χ1) is 11.1. The number of pyridine rings is 1. The van der Waals surface area contributed by atoms with E-state index in [-0.39, 0.29) is 18.1 Å². The number of nitrogens with one attached hydrogen (secondary N) is 1. The van der Waals surface area contributed by atoms with Gasteiger partial charge in [-0.05, 0) is 25.0 Å². The summed E-state index contributed by atoms with van der Waals surface area (Å²) in [4.78, 5) is 28.5. The molecule has 2 aliphatic rings. The molecule has 2 fully saturated rings. The van der Waals surface area contributed by atoms with E-state index in [0.717, 1.165) is 11.8 Å². The molecule has 0 aliphatic carbocycles. The summed E-state index contributed by atoms with van der Waals surface area (Å²) in [5, 5.41) is 13.2. The molecular weight excluding hydrogens is 296 g/mol. The fourth-order valence-corrected chi connectivity index (χ4v) is 3.75. The lowest BCUT2D eigenvalue weighted by atomic mass is 9.78. The summed E-state index contributed by atoms with van der Waals surface area (Å²) < 4.78 is 5.65. The maximum absolute atomic E-state index is 12.7. The smallest absolute Gasteiger partial charge is 0.310 e. The molecule has 1 aromatic carbocycles. The highest BCUT2D eigenvalue weighted by molar-refractivity contribution is 6.02. The van der Waals surface area contributed by atoms with E-state index in [1.165, 1.54) is 0 Å². The van der Waals surface area contributed by atoms with Crippen LogP contribution in [-0.4, -0.2) is 34.2 Å². The van der Waals surface area contributed by atoms with Gasteiger partial charge in [0.05, 0.1) is 35.2 Å². The molecule has 2 aliphatic heterocycles. The van der Waals surface area contributed by atoms with E-state index in [9.17, 15) is 14.7 Å². The van der Waals surface area contributed by atoms with Crippen LogP contribution >= 0.6 is 0 Å². The largest absolute Gasteiger partial charge is 0.481 e. The van der Waals surface area contributed by atoms with Gasteiger partial charge in [-0.25, -0.2) is 0 Å². The third-order valence-corrected chi connectivity index (χ3v) is 4.75. The van der Waals surface area contributed by atoms with Crippen LogP contribution in [0.25, 0.3) is 10.9 Å². The standard InChI is InChI=1S/C17H16N2O4/c20-16(13-11-6-7-12(23-11)14(13)17(21)22)19-10-5-1-3-9-4-2-8-18-15(9)10/h1-5,8,11-14H,6-7H2,(H,19,20)(H,21,22)/t11-,12+,13+,14-/m0/s1. The number of carboxylic acids is 1. The Balaban J connectivity index is 1.63. The number of fused-ring (bicyclic) bond motifs is 3. The highest BCUT2D eigenvalue weighted by Gasteiger charge is 2.55. The van der Waals surface area contributed by atoms with Gasteiger partial charge in [0.1, 0.15) is 0 Å². The monoisotopic (exact) mass is 312 g/mol. The van der Waals surface area contributed by atoms with E-state index >= 15 is 0 Å². The fraction of sp³-hybridized carbons (Fsp3) is 0.353. The minimum atomic E-state index is -0.964. The van der Waals surface area contributed by atoms with Crippen LogP contribution in [0.2, 0.25) is 0 Å². The number of nitrogens with zero attached hydrogens (tertiary/aromatic N) is 1. The van der Waals surface area contributed by atoms with Gasteiger partial charge in [0.2, 0.25) is 5.91 Å². The molecule has 23 heavy (non-hydrogen) atoms. The number of aliphatic carboxylic acids is 1. The Morgan fingerprint density at radius 2 is 1.87 bits per heavy atom. The Kier molecular flexibility index (Phi) is 3.27. The van der Waals surface area contributed by atoms with Crippen LogP contribution in [0.5, 0.6) is 0 Å². The minimum Gasteiger partial charge on any atom is -0.481 e. The number of carboxylic acid groups (broad SMARTS) is 1. The molecular formula is C17H16N2O4. The lowest BCUT2D eigenvalue weighted by Crippen LogP contribution is -2.41. The number of carbonyl (C=O) groups excluding carboxylic acids is 1. The SMILES string of the molecule is O=C(O)[C@@H]1[C@H](C(=O)Nc2cccc3cccnc23)[C@@H]2CC[C@H]1O2. The van der Waals surface area contributed by atoms with Crippen LogP contribution in [0.3, 0.4) is 0 Å². The van der Waals surface area contributed by atoms with E-state index < -0.39 is 17.8 Å². The molecule has 2 saturated heterocycles. The zero-order valence-electron chi connectivity index (χ0n) is 12.3. The number of ether oxygens (including phenoxy) is 1. The number of hydrogen-bond donors (Lipinski definition) is 2. The number of aromatic nitrogens is 1. The van der Waals surface area contributed by atoms with Crippen molar-refractivity contribution in [3.63, 3.8) is 0 Å². The number of anilines is 1. The second-order valence-electron chi connectivity index (χ2n) is 6.05. The van der Waals surface area contributed by atoms with Crippen molar-refractivity contribution in [3.8, 4) is 0 Å². The molecule has 6 heteroatoms. The van der Waals surface area contributed by atoms with Crippen LogP contribution in [0.4, 0.5) is 5.69 Å². The van der Waals surface area contributed by atoms with Gasteiger partial charge in [0.15, 0.2) is 0 Å². The Hall–Kier alpha value is -2.47. The number of rotatable bonds is 3. The van der Waals surface area contributed by atoms with Crippen molar-refractivity contribution in [1.29, 1.82) is 0 Å². The Morgan fingerprint density at radius 3 is 2.65 bits per heavy atom. The molecule has 0 spiro atoms. The zero-order chi connectivity index (χ0) is 16.0. The van der Waals surface area contributed by atoms with Gasteiger partial charge in [0.25, 0.3) is 0 Å². The van der Waals surface area contributed by atoms with Crippen molar-refractivity contribution in [2.45, 2.75) is 25.0 Å². The lowest BCUT2D eigenvalue weighted by molar-refractivity contribution is -0.147. The first-order valence-corrected chi connectivity index (χ1v) is 7.68. The number of hydrogen-bond acceptors (Lipinski definition) is 4. The Labute approximate surface area is 132 Å². The molecule has 4 atom stereocenters. The summed E-state index contributed by atoms with van der Waals surface area (Å²) in [5.74, 6) is -2.68. The van der Waals surface area contributed by atoms with Crippen LogP contribution in [0.1, 0.15) is 12.8 Å². The van der Waals surface area contributed by atoms with Gasteiger partial charge >= 0.3 is 5.97 Å². The van der Waals surface area contributed by atoms with Crippen LogP contribution < -0.4 is 5.32 Å². The molecule has 3 heterocycles. The van der Waals surface area contributed by atoms with Crippen LogP contribution in [-0.2, 0) is 14.3 Å². The number of para-hydroxylation sites is 1. The number of amides is 1. The van der Waals surface area contributed by atoms with Gasteiger partial charge in [-0.1, -0.05) is 18.2 Å². The van der Waals surface area contributed by atoms with Gasteiger partial charge in [0, 0.05) is 11.6 Å². The highest BCUT2D eigenvalue weighted by Crippen LogP contribution is 2.44. The van der Waals surface area contributed by atoms with Gasteiger partial charge < -0.3 is 15.2 Å². The van der Waals surface area contributed by atoms with E-state index in [1.54, 1.807) is 12.3 Å². The molecule has 0 unspecified atom stereocenters. The second-order valence-corrected chi connectivity index (χ2v) is 6.05. The van der Waals surface area contributed by atoms with Gasteiger partial charge in [-0.3, -0.25) is 14.6 Å². The normalized spacial score (nSPS) is 28.9. The van der Waals surface area contributed by atoms with Crippen molar-refractivity contribution in [1.82, 2.24) is 4.98 Å². The third-order valence-electron chi connectivity index (χ3n) is 4.75. The first kappa shape index (κ1) is 14.1. The number of carbonyl (C=O) groups is 2. The molecule has 2 aromatic rings. The highest BCUT2D eigenvalue weighted by atomic mass is 16.5. The van der Waals surface area contributed by atoms with E-state index in [2.05, 4.69) is 10.3 Å². The molecule has 6 nitrogen and oxygen atoms in total. The summed E-state index contributed by atoms with van der Waals surface area (Å²) in [6.45, 7) is 0. The Bertz CT molecular complexity index is 786. The summed E-state index contributed by atoms with van der Waals surface area (Å²) in [6, 6.07) is 9.28. The van der Waals surface area contributed by atoms with Crippen molar-refractivity contribution >= 4 is 28.5 Å². The van der Waals surface area contributed by atoms with E-state index in [4.69, 9.17) is 4.74 Å². The molecule has 1 amide bonds. The summed E-state index contributed by atoms with van der Waals surface area (Å²) >= 11 is 0. The second kappa shape index (κ2) is 5.31. The van der Waals surface area contributed by atoms with Crippen molar-refractivity contribution < 1.29 is 19.4 Å². The topological polar surface area (TPSA) is 88.5 Å². The summed E-state index contributed by atoms with van der Waals surface area (Å²) in [5.41, 5.74) is 1.29. The summed E-state index contributed by atoms with van der Waals surface area (Å²) in [6.07, 6.45) is 2.46. The van der Waals surface area contributed by atoms with Crippen molar-refractivity contribution in [3.05, 3.63) is 36.5 Å². The third kappa shape index (κ3) is 2.26. The molecule has 118 valence electrons. The average molecular weight is 312 g/mol. The van der Waals surface area contributed by atoms with Crippen LogP contribution in [0.15, 0.2) is 36.5 Å². The zero-order valence-corrected chi connectivity index (χ0v) is 12.3. The minimum absolute atomic E-state index is 0.302. The van der Waals surface area contributed by atoms with Crippen molar-refractivity contribution in [2.75, 3.05) is 5.32 Å². The average Bonchev–Trinajstić information content (AvgIpc) is 3.16. The van der Waals surface area contributed by atoms with E-state index in [0.29, 0.717) is 17.6 Å². The molecule has 0 saturated carbocycles. The first-order valence-electron chi connectivity index (χ1n) is 7.68. The quantitative estimate of drug-likeness (QED) is 0.905. The molecule has 2 bridgehead atoms. The molecule has 2 N–H and O–H groups in total. The Morgan fingerprint density at radius 1 is 1.13 bits per heavy atom. The van der Waals surface area contributed by atoms with Gasteiger partial charge in [-0.15, -0.1) is 0 Å². The van der Waals surface area contributed by atoms with E-state index in [1.807, 2.05) is 24.3 Å². The predicted molar refractivity (Wildman–Crippen MR) is 82.9 cm³/mol. The fourth-order valence-electron chi connectivity index (χ4n) is 3.75. The maximum atomic E-state index is 12.7. The summed E-state index contributed by atoms with van der Waals surface area (Å²) in [7, 11) is 0. The number of benzene rings is 1. The van der Waals surface area contributed by atoms with Crippen molar-refractivity contribution in [2.24, 2.45) is 11.8 Å². The van der Waals surface area contributed by atoms with Crippen LogP contribution in [0, 0.1) is 11.8 Å². The van der Waals surface area contributed by atoms with Gasteiger partial charge in [-0.2, -0.15) is 0 Å². The molecule has 4 rings (SSSR count). The maximum Gasteiger partial charge on any atom is 0.310 e.